The lowest BCUT2D eigenvalue weighted by molar-refractivity contribution is 0.331. The summed E-state index contributed by atoms with van der Waals surface area (Å²) in [4.78, 5) is 9.05. The van der Waals surface area contributed by atoms with E-state index in [1.54, 1.807) is 30.3 Å². The molecule has 1 aromatic heterocycles. The molecule has 1 aliphatic rings. The molecule has 2 aromatic carbocycles. The van der Waals surface area contributed by atoms with Gasteiger partial charge in [-0.05, 0) is 43.2 Å². The summed E-state index contributed by atoms with van der Waals surface area (Å²) < 4.78 is 53.4. The van der Waals surface area contributed by atoms with Crippen molar-refractivity contribution in [2.75, 3.05) is 29.4 Å². The molecule has 3 aromatic rings. The number of para-hydroxylation sites is 2. The Kier molecular flexibility index (Phi) is 6.26. The molecular formula is C20H22ClN5O4S2. The first-order valence-corrected chi connectivity index (χ1v) is 13.6. The maximum Gasteiger partial charge on any atom is 0.263 e. The van der Waals surface area contributed by atoms with Gasteiger partial charge >= 0.3 is 0 Å². The molecule has 0 spiro atoms. The van der Waals surface area contributed by atoms with Gasteiger partial charge in [-0.3, -0.25) is 4.72 Å². The fraction of sp³-hybridized carbons (Fsp3) is 0.300. The summed E-state index contributed by atoms with van der Waals surface area (Å²) in [6, 6.07) is 13.0. The van der Waals surface area contributed by atoms with E-state index in [1.165, 1.54) is 22.7 Å². The molecule has 0 saturated carbocycles. The second kappa shape index (κ2) is 8.81. The van der Waals surface area contributed by atoms with Gasteiger partial charge in [0.05, 0.1) is 22.2 Å². The van der Waals surface area contributed by atoms with E-state index in [2.05, 4.69) is 20.0 Å². The Bertz CT molecular complexity index is 1360. The smallest absolute Gasteiger partial charge is 0.263 e. The van der Waals surface area contributed by atoms with Crippen molar-refractivity contribution in [3.05, 3.63) is 53.6 Å². The predicted molar refractivity (Wildman–Crippen MR) is 125 cm³/mol. The Hall–Kier alpha value is -2.47. The van der Waals surface area contributed by atoms with E-state index in [0.29, 0.717) is 42.0 Å². The number of rotatable bonds is 6. The number of hydrogen-bond donors (Lipinski definition) is 2. The summed E-state index contributed by atoms with van der Waals surface area (Å²) in [5, 5.41) is 3.55. The third kappa shape index (κ3) is 5.12. The average molecular weight is 496 g/mol. The Labute approximate surface area is 191 Å². The van der Waals surface area contributed by atoms with Crippen molar-refractivity contribution in [2.24, 2.45) is 0 Å². The van der Waals surface area contributed by atoms with Crippen molar-refractivity contribution in [3.63, 3.8) is 0 Å². The second-order valence-electron chi connectivity index (χ2n) is 7.55. The van der Waals surface area contributed by atoms with E-state index >= 15 is 0 Å². The maximum absolute atomic E-state index is 12.9. The van der Waals surface area contributed by atoms with E-state index in [0.717, 1.165) is 0 Å². The van der Waals surface area contributed by atoms with Gasteiger partial charge in [0, 0.05) is 24.2 Å². The number of benzene rings is 2. The van der Waals surface area contributed by atoms with Gasteiger partial charge in [0.2, 0.25) is 10.0 Å². The van der Waals surface area contributed by atoms with Crippen LogP contribution in [0.4, 0.5) is 11.6 Å². The van der Waals surface area contributed by atoms with Crippen LogP contribution in [0.2, 0.25) is 5.02 Å². The first kappa shape index (κ1) is 22.7. The molecule has 1 fully saturated rings. The number of halogens is 1. The van der Waals surface area contributed by atoms with Crippen molar-refractivity contribution in [2.45, 2.75) is 23.8 Å². The minimum Gasteiger partial charge on any atom is -0.364 e. The highest BCUT2D eigenvalue weighted by atomic mass is 35.5. The van der Waals surface area contributed by atoms with Gasteiger partial charge in [-0.1, -0.05) is 29.8 Å². The molecule has 9 nitrogen and oxygen atoms in total. The van der Waals surface area contributed by atoms with Crippen molar-refractivity contribution in [1.82, 2.24) is 14.3 Å². The number of nitrogens with zero attached hydrogens (tertiary/aromatic N) is 3. The standard InChI is InChI=1S/C20H22ClN5O4S2/c1-31(27,28)26-11-9-15(10-12-26)22-19-20(24-18-8-3-2-7-17(18)23-19)25-32(29,30)16-6-4-5-14(21)13-16/h2-8,13,15H,9-12H2,1H3,(H,22,23)(H,24,25). The molecule has 2 heterocycles. The molecule has 0 atom stereocenters. The second-order valence-corrected chi connectivity index (χ2v) is 11.7. The van der Waals surface area contributed by atoms with Crippen LogP contribution >= 0.6 is 11.6 Å². The van der Waals surface area contributed by atoms with E-state index in [-0.39, 0.29) is 22.6 Å². The molecule has 12 heteroatoms. The number of piperidine rings is 1. The number of nitrogens with one attached hydrogen (secondary N) is 2. The predicted octanol–water partition coefficient (Wildman–Crippen LogP) is 2.92. The third-order valence-corrected chi connectivity index (χ3v) is 8.05. The lowest BCUT2D eigenvalue weighted by Gasteiger charge is -2.31. The van der Waals surface area contributed by atoms with Gasteiger partial charge in [0.25, 0.3) is 10.0 Å². The first-order chi connectivity index (χ1) is 15.1. The fourth-order valence-corrected chi connectivity index (χ4v) is 5.70. The third-order valence-electron chi connectivity index (χ3n) is 5.17. The summed E-state index contributed by atoms with van der Waals surface area (Å²) in [6.45, 7) is 0.752. The van der Waals surface area contributed by atoms with Gasteiger partial charge < -0.3 is 5.32 Å². The summed E-state index contributed by atoms with van der Waals surface area (Å²) in [5.41, 5.74) is 1.14. The first-order valence-electron chi connectivity index (χ1n) is 9.89. The van der Waals surface area contributed by atoms with Crippen molar-refractivity contribution >= 4 is 54.3 Å². The van der Waals surface area contributed by atoms with Crippen LogP contribution in [-0.2, 0) is 20.0 Å². The molecule has 1 saturated heterocycles. The molecule has 0 aliphatic carbocycles. The van der Waals surface area contributed by atoms with Crippen LogP contribution in [0.25, 0.3) is 11.0 Å². The highest BCUT2D eigenvalue weighted by Gasteiger charge is 2.26. The Morgan fingerprint density at radius 2 is 1.56 bits per heavy atom. The number of fused-ring (bicyclic) bond motifs is 1. The summed E-state index contributed by atoms with van der Waals surface area (Å²) in [7, 11) is -7.20. The molecule has 4 rings (SSSR count). The van der Waals surface area contributed by atoms with Crippen LogP contribution in [-0.4, -0.2) is 56.5 Å². The lowest BCUT2D eigenvalue weighted by Crippen LogP contribution is -2.42. The number of anilines is 2. The van der Waals surface area contributed by atoms with Crippen LogP contribution in [0.1, 0.15) is 12.8 Å². The van der Waals surface area contributed by atoms with Gasteiger partial charge in [-0.15, -0.1) is 0 Å². The molecule has 2 N–H and O–H groups in total. The van der Waals surface area contributed by atoms with Gasteiger partial charge in [0.1, 0.15) is 0 Å². The quantitative estimate of drug-likeness (QED) is 0.539. The zero-order valence-corrected chi connectivity index (χ0v) is 19.6. The summed E-state index contributed by atoms with van der Waals surface area (Å²) in [6.07, 6.45) is 2.31. The van der Waals surface area contributed by atoms with Crippen LogP contribution in [0.5, 0.6) is 0 Å². The number of hydrogen-bond acceptors (Lipinski definition) is 7. The lowest BCUT2D eigenvalue weighted by atomic mass is 10.1. The van der Waals surface area contributed by atoms with Crippen molar-refractivity contribution in [1.29, 1.82) is 0 Å². The molecular weight excluding hydrogens is 474 g/mol. The van der Waals surface area contributed by atoms with E-state index in [9.17, 15) is 16.8 Å². The van der Waals surface area contributed by atoms with Crippen molar-refractivity contribution < 1.29 is 16.8 Å². The topological polar surface area (TPSA) is 121 Å². The van der Waals surface area contributed by atoms with Crippen molar-refractivity contribution in [3.8, 4) is 0 Å². The molecule has 0 amide bonds. The number of sulfonamides is 2. The van der Waals surface area contributed by atoms with Crippen LogP contribution in [0, 0.1) is 0 Å². The normalized spacial score (nSPS) is 16.2. The highest BCUT2D eigenvalue weighted by molar-refractivity contribution is 7.92. The van der Waals surface area contributed by atoms with Crippen LogP contribution < -0.4 is 10.0 Å². The molecule has 0 radical (unpaired) electrons. The Balaban J connectivity index is 1.64. The Morgan fingerprint density at radius 1 is 0.938 bits per heavy atom. The molecule has 170 valence electrons. The highest BCUT2D eigenvalue weighted by Crippen LogP contribution is 2.27. The van der Waals surface area contributed by atoms with Crippen LogP contribution in [0.3, 0.4) is 0 Å². The monoisotopic (exact) mass is 495 g/mol. The van der Waals surface area contributed by atoms with Gasteiger partial charge in [-0.2, -0.15) is 0 Å². The zero-order chi connectivity index (χ0) is 22.9. The summed E-state index contributed by atoms with van der Waals surface area (Å²) >= 11 is 5.96. The van der Waals surface area contributed by atoms with E-state index in [1.807, 2.05) is 6.07 Å². The van der Waals surface area contributed by atoms with E-state index in [4.69, 9.17) is 11.6 Å². The van der Waals surface area contributed by atoms with E-state index < -0.39 is 20.0 Å². The van der Waals surface area contributed by atoms with Gasteiger partial charge in [0.15, 0.2) is 11.6 Å². The molecule has 0 unspecified atom stereocenters. The average Bonchev–Trinajstić information content (AvgIpc) is 2.74. The Morgan fingerprint density at radius 3 is 2.16 bits per heavy atom. The van der Waals surface area contributed by atoms with Gasteiger partial charge in [-0.25, -0.2) is 31.1 Å². The fourth-order valence-electron chi connectivity index (χ4n) is 3.52. The number of aromatic nitrogens is 2. The maximum atomic E-state index is 12.9. The summed E-state index contributed by atoms with van der Waals surface area (Å²) in [5.74, 6) is 0.348. The van der Waals surface area contributed by atoms with Crippen LogP contribution in [0.15, 0.2) is 53.4 Å². The zero-order valence-electron chi connectivity index (χ0n) is 17.2. The minimum absolute atomic E-state index is 0.00682. The SMILES string of the molecule is CS(=O)(=O)N1CCC(Nc2nc3ccccc3nc2NS(=O)(=O)c2cccc(Cl)c2)CC1. The minimum atomic E-state index is -3.96. The molecule has 0 bridgehead atoms. The molecule has 32 heavy (non-hydrogen) atoms. The largest absolute Gasteiger partial charge is 0.364 e. The molecule has 1 aliphatic heterocycles.